The Hall–Kier alpha value is -1.56. The summed E-state index contributed by atoms with van der Waals surface area (Å²) in [7, 11) is 0. The first-order valence-electron chi connectivity index (χ1n) is 7.70. The van der Waals surface area contributed by atoms with E-state index in [9.17, 15) is 5.21 Å². The average Bonchev–Trinajstić information content (AvgIpc) is 2.58. The zero-order valence-corrected chi connectivity index (χ0v) is 14.5. The highest BCUT2D eigenvalue weighted by Crippen LogP contribution is 2.22. The summed E-state index contributed by atoms with van der Waals surface area (Å²) in [5, 5.41) is 11.4. The van der Waals surface area contributed by atoms with Gasteiger partial charge in [0, 0.05) is 29.2 Å². The lowest BCUT2D eigenvalue weighted by atomic mass is 10.2. The molecule has 0 atom stereocenters. The minimum absolute atomic E-state index is 0.596. The van der Waals surface area contributed by atoms with Gasteiger partial charge in [-0.2, -0.15) is 4.73 Å². The van der Waals surface area contributed by atoms with Crippen LogP contribution in [-0.4, -0.2) is 25.6 Å². The Kier molecular flexibility index (Phi) is 7.39. The van der Waals surface area contributed by atoms with Crippen LogP contribution in [0.2, 0.25) is 0 Å². The molecular formula is C18H23NO3S. The van der Waals surface area contributed by atoms with Gasteiger partial charge < -0.3 is 14.7 Å². The maximum absolute atomic E-state index is 11.4. The number of benzene rings is 1. The van der Waals surface area contributed by atoms with Crippen LogP contribution in [0.25, 0.3) is 0 Å². The fourth-order valence-electron chi connectivity index (χ4n) is 2.07. The van der Waals surface area contributed by atoms with Crippen LogP contribution in [-0.2, 0) is 16.1 Å². The molecule has 1 aromatic heterocycles. The topological polar surface area (TPSA) is 45.4 Å². The monoisotopic (exact) mass is 333 g/mol. The van der Waals surface area contributed by atoms with E-state index in [0.29, 0.717) is 26.4 Å². The molecule has 0 bridgehead atoms. The Morgan fingerprint density at radius 2 is 1.74 bits per heavy atom. The van der Waals surface area contributed by atoms with Gasteiger partial charge in [0.1, 0.15) is 0 Å². The smallest absolute Gasteiger partial charge is 0.193 e. The number of nitrogens with zero attached hydrogens (tertiary/aromatic N) is 1. The van der Waals surface area contributed by atoms with Crippen molar-refractivity contribution in [2.45, 2.75) is 25.3 Å². The highest BCUT2D eigenvalue weighted by atomic mass is 32.2. The molecule has 5 heteroatoms. The number of aromatic nitrogens is 1. The molecule has 23 heavy (non-hydrogen) atoms. The second-order valence-corrected chi connectivity index (χ2v) is 6.35. The number of pyridine rings is 1. The predicted molar refractivity (Wildman–Crippen MR) is 92.5 cm³/mol. The third-order valence-electron chi connectivity index (χ3n) is 3.57. The van der Waals surface area contributed by atoms with Crippen molar-refractivity contribution in [3.05, 3.63) is 64.6 Å². The first-order valence-corrected chi connectivity index (χ1v) is 8.68. The molecule has 0 radical (unpaired) electrons. The Labute approximate surface area is 142 Å². The Balaban J connectivity index is 1.55. The van der Waals surface area contributed by atoms with Gasteiger partial charge in [0.25, 0.3) is 0 Å². The van der Waals surface area contributed by atoms with Crippen LogP contribution in [0.1, 0.15) is 16.8 Å². The lowest BCUT2D eigenvalue weighted by Gasteiger charge is -2.09. The lowest BCUT2D eigenvalue weighted by molar-refractivity contribution is -0.613. The summed E-state index contributed by atoms with van der Waals surface area (Å²) in [6.45, 7) is 6.30. The van der Waals surface area contributed by atoms with Crippen molar-refractivity contribution < 1.29 is 14.2 Å². The fourth-order valence-corrected chi connectivity index (χ4v) is 3.01. The van der Waals surface area contributed by atoms with Crippen LogP contribution in [0.4, 0.5) is 0 Å². The van der Waals surface area contributed by atoms with Gasteiger partial charge >= 0.3 is 0 Å². The molecular weight excluding hydrogens is 310 g/mol. The number of ether oxygens (including phenoxy) is 2. The molecule has 0 fully saturated rings. The first-order chi connectivity index (χ1) is 11.2. The number of hydrogen-bond donors (Lipinski definition) is 0. The van der Waals surface area contributed by atoms with Gasteiger partial charge in [-0.05, 0) is 12.5 Å². The Bertz CT molecular complexity index is 605. The van der Waals surface area contributed by atoms with E-state index in [2.05, 4.69) is 0 Å². The summed E-state index contributed by atoms with van der Waals surface area (Å²) >= 11 is 1.71. The van der Waals surface area contributed by atoms with Crippen LogP contribution >= 0.6 is 11.8 Å². The standard InChI is InChI=1S/C18H23NO3S/c1-15-16(2)19(20)9-8-18(15)23-13-12-21-10-11-22-14-17-6-4-3-5-7-17/h3-9H,10-14H2,1-2H3. The molecule has 0 spiro atoms. The first kappa shape index (κ1) is 17.8. The molecule has 0 N–H and O–H groups in total. The van der Waals surface area contributed by atoms with Gasteiger partial charge in [-0.25, -0.2) is 0 Å². The van der Waals surface area contributed by atoms with Crippen LogP contribution < -0.4 is 4.73 Å². The quantitative estimate of drug-likeness (QED) is 0.306. The largest absolute Gasteiger partial charge is 0.619 e. The number of hydrogen-bond acceptors (Lipinski definition) is 4. The van der Waals surface area contributed by atoms with Crippen LogP contribution in [0.5, 0.6) is 0 Å². The number of thioether (sulfide) groups is 1. The van der Waals surface area contributed by atoms with Gasteiger partial charge in [0.15, 0.2) is 11.9 Å². The third-order valence-corrected chi connectivity index (χ3v) is 4.70. The zero-order valence-electron chi connectivity index (χ0n) is 13.7. The summed E-state index contributed by atoms with van der Waals surface area (Å²) in [6.07, 6.45) is 1.56. The Morgan fingerprint density at radius 3 is 2.52 bits per heavy atom. The van der Waals surface area contributed by atoms with Gasteiger partial charge in [-0.15, -0.1) is 11.8 Å². The molecule has 0 amide bonds. The van der Waals surface area contributed by atoms with E-state index < -0.39 is 0 Å². The fraction of sp³-hybridized carbons (Fsp3) is 0.389. The molecule has 0 saturated carbocycles. The van der Waals surface area contributed by atoms with Crippen LogP contribution in [0.3, 0.4) is 0 Å². The number of rotatable bonds is 9. The van der Waals surface area contributed by atoms with E-state index >= 15 is 0 Å². The van der Waals surface area contributed by atoms with E-state index in [1.807, 2.05) is 50.2 Å². The molecule has 0 unspecified atom stereocenters. The average molecular weight is 333 g/mol. The molecule has 1 heterocycles. The summed E-state index contributed by atoms with van der Waals surface area (Å²) < 4.78 is 12.0. The van der Waals surface area contributed by atoms with E-state index in [0.717, 1.165) is 26.6 Å². The van der Waals surface area contributed by atoms with Gasteiger partial charge in [-0.3, -0.25) is 0 Å². The highest BCUT2D eigenvalue weighted by Gasteiger charge is 2.08. The molecule has 0 aliphatic rings. The molecule has 124 valence electrons. The second-order valence-electron chi connectivity index (χ2n) is 5.22. The van der Waals surface area contributed by atoms with Crippen molar-refractivity contribution >= 4 is 11.8 Å². The van der Waals surface area contributed by atoms with E-state index in [-0.39, 0.29) is 0 Å². The molecule has 4 nitrogen and oxygen atoms in total. The van der Waals surface area contributed by atoms with Crippen molar-refractivity contribution in [3.8, 4) is 0 Å². The van der Waals surface area contributed by atoms with Crippen molar-refractivity contribution in [2.24, 2.45) is 0 Å². The van der Waals surface area contributed by atoms with Crippen molar-refractivity contribution in [3.63, 3.8) is 0 Å². The highest BCUT2D eigenvalue weighted by molar-refractivity contribution is 7.99. The SMILES string of the molecule is Cc1c(SCCOCCOCc2ccccc2)cc[n+]([O-])c1C. The van der Waals surface area contributed by atoms with E-state index in [4.69, 9.17) is 9.47 Å². The minimum atomic E-state index is 0.596. The molecule has 0 aliphatic heterocycles. The summed E-state index contributed by atoms with van der Waals surface area (Å²) in [5.74, 6) is 0.863. The minimum Gasteiger partial charge on any atom is -0.619 e. The maximum atomic E-state index is 11.4. The van der Waals surface area contributed by atoms with Crippen molar-refractivity contribution in [1.29, 1.82) is 0 Å². The van der Waals surface area contributed by atoms with Crippen molar-refractivity contribution in [1.82, 2.24) is 0 Å². The third kappa shape index (κ3) is 5.86. The van der Waals surface area contributed by atoms with Gasteiger partial charge in [0.2, 0.25) is 0 Å². The maximum Gasteiger partial charge on any atom is 0.193 e. The molecule has 0 saturated heterocycles. The molecule has 0 aliphatic carbocycles. The van der Waals surface area contributed by atoms with Crippen LogP contribution in [0, 0.1) is 19.1 Å². The predicted octanol–water partition coefficient (Wildman–Crippen LogP) is 3.26. The second kappa shape index (κ2) is 9.55. The zero-order chi connectivity index (χ0) is 16.5. The van der Waals surface area contributed by atoms with E-state index in [1.165, 1.54) is 5.56 Å². The summed E-state index contributed by atoms with van der Waals surface area (Å²) in [5.41, 5.74) is 2.97. The molecule has 1 aromatic carbocycles. The molecule has 2 aromatic rings. The normalized spacial score (nSPS) is 10.9. The van der Waals surface area contributed by atoms with Gasteiger partial charge in [0.05, 0.1) is 26.4 Å². The van der Waals surface area contributed by atoms with E-state index in [1.54, 1.807) is 18.0 Å². The summed E-state index contributed by atoms with van der Waals surface area (Å²) in [6, 6.07) is 12.0. The lowest BCUT2D eigenvalue weighted by Crippen LogP contribution is -2.30. The Morgan fingerprint density at radius 1 is 1.00 bits per heavy atom. The van der Waals surface area contributed by atoms with Crippen LogP contribution in [0.15, 0.2) is 47.5 Å². The van der Waals surface area contributed by atoms with Crippen molar-refractivity contribution in [2.75, 3.05) is 25.6 Å². The molecule has 2 rings (SSSR count). The van der Waals surface area contributed by atoms with Gasteiger partial charge in [-0.1, -0.05) is 30.3 Å². The summed E-state index contributed by atoms with van der Waals surface area (Å²) in [4.78, 5) is 1.14.